The fourth-order valence-electron chi connectivity index (χ4n) is 1.68. The maximum atomic E-state index is 13.2. The maximum Gasteiger partial charge on any atom is 0.138 e. The predicted octanol–water partition coefficient (Wildman–Crippen LogP) is 4.74. The smallest absolute Gasteiger partial charge is 0.138 e. The molecule has 0 aliphatic carbocycles. The highest BCUT2D eigenvalue weighted by molar-refractivity contribution is 9.10. The van der Waals surface area contributed by atoms with Crippen LogP contribution in [0.3, 0.4) is 0 Å². The van der Waals surface area contributed by atoms with Gasteiger partial charge in [-0.2, -0.15) is 0 Å². The van der Waals surface area contributed by atoms with Gasteiger partial charge in [0, 0.05) is 4.90 Å². The third-order valence-corrected chi connectivity index (χ3v) is 4.17. The molecule has 0 radical (unpaired) electrons. The van der Waals surface area contributed by atoms with E-state index in [-0.39, 0.29) is 10.8 Å². The minimum atomic E-state index is -0.343. The van der Waals surface area contributed by atoms with Crippen LogP contribution in [0.4, 0.5) is 4.39 Å². The van der Waals surface area contributed by atoms with Gasteiger partial charge >= 0.3 is 0 Å². The van der Waals surface area contributed by atoms with E-state index in [9.17, 15) is 4.39 Å². The Kier molecular flexibility index (Phi) is 5.01. The van der Waals surface area contributed by atoms with Crippen LogP contribution in [0.25, 0.3) is 0 Å². The number of thioether (sulfide) groups is 1. The van der Waals surface area contributed by atoms with Crippen molar-refractivity contribution < 1.29 is 9.13 Å². The van der Waals surface area contributed by atoms with Crippen molar-refractivity contribution in [1.82, 2.24) is 0 Å². The van der Waals surface area contributed by atoms with Crippen LogP contribution in [-0.4, -0.2) is 11.2 Å². The zero-order valence-electron chi connectivity index (χ0n) is 10.5. The fraction of sp³-hybridized carbons (Fsp3) is 0.0714. The highest BCUT2D eigenvalue weighted by atomic mass is 79.9. The Morgan fingerprint density at radius 1 is 1.35 bits per heavy atom. The summed E-state index contributed by atoms with van der Waals surface area (Å²) < 4.78 is 19.3. The second-order valence-corrected chi connectivity index (χ2v) is 6.02. The molecular weight excluding hydrogens is 361 g/mol. The molecule has 0 bridgehead atoms. The van der Waals surface area contributed by atoms with Crippen LogP contribution in [0, 0.1) is 5.82 Å². The summed E-state index contributed by atoms with van der Waals surface area (Å²) in [4.78, 5) is 1.21. The van der Waals surface area contributed by atoms with Crippen LogP contribution in [0.15, 0.2) is 45.8 Å². The van der Waals surface area contributed by atoms with Crippen LogP contribution in [0.5, 0.6) is 11.5 Å². The Morgan fingerprint density at radius 3 is 2.70 bits per heavy atom. The Bertz CT molecular complexity index is 664. The largest absolute Gasteiger partial charge is 0.457 e. The third-order valence-electron chi connectivity index (χ3n) is 2.57. The Balaban J connectivity index is 2.42. The van der Waals surface area contributed by atoms with Gasteiger partial charge in [0.1, 0.15) is 22.3 Å². The first-order valence-electron chi connectivity index (χ1n) is 5.62. The lowest BCUT2D eigenvalue weighted by Gasteiger charge is -2.13. The van der Waals surface area contributed by atoms with E-state index in [4.69, 9.17) is 22.7 Å². The van der Waals surface area contributed by atoms with Gasteiger partial charge < -0.3 is 10.5 Å². The predicted molar refractivity (Wildman–Crippen MR) is 88.3 cm³/mol. The number of nitrogens with two attached hydrogens (primary N) is 1. The van der Waals surface area contributed by atoms with Gasteiger partial charge in [-0.1, -0.05) is 18.3 Å². The number of rotatable bonds is 4. The van der Waals surface area contributed by atoms with Crippen molar-refractivity contribution in [3.05, 3.63) is 52.3 Å². The lowest BCUT2D eigenvalue weighted by molar-refractivity contribution is 0.477. The highest BCUT2D eigenvalue weighted by Crippen LogP contribution is 2.33. The monoisotopic (exact) mass is 371 g/mol. The lowest BCUT2D eigenvalue weighted by Crippen LogP contribution is -2.12. The molecule has 0 aromatic heterocycles. The molecule has 0 heterocycles. The SMILES string of the molecule is CSc1cccc(Oc2ccc(F)c(Br)c2)c1C(N)=S. The molecule has 0 spiro atoms. The van der Waals surface area contributed by atoms with Crippen molar-refractivity contribution in [2.45, 2.75) is 4.90 Å². The Labute approximate surface area is 134 Å². The average Bonchev–Trinajstić information content (AvgIpc) is 2.42. The van der Waals surface area contributed by atoms with Crippen molar-refractivity contribution in [1.29, 1.82) is 0 Å². The molecule has 0 aliphatic rings. The molecule has 6 heteroatoms. The molecule has 2 rings (SSSR count). The normalized spacial score (nSPS) is 10.3. The van der Waals surface area contributed by atoms with Gasteiger partial charge in [0.25, 0.3) is 0 Å². The molecule has 0 fully saturated rings. The molecule has 2 N–H and O–H groups in total. The summed E-state index contributed by atoms with van der Waals surface area (Å²) in [6.07, 6.45) is 1.94. The number of hydrogen-bond donors (Lipinski definition) is 1. The summed E-state index contributed by atoms with van der Waals surface area (Å²) in [5.74, 6) is 0.724. The molecule has 104 valence electrons. The third kappa shape index (κ3) is 3.31. The lowest BCUT2D eigenvalue weighted by atomic mass is 10.2. The van der Waals surface area contributed by atoms with Crippen molar-refractivity contribution in [3.8, 4) is 11.5 Å². The fourth-order valence-corrected chi connectivity index (χ4v) is 2.94. The highest BCUT2D eigenvalue weighted by Gasteiger charge is 2.13. The van der Waals surface area contributed by atoms with Crippen LogP contribution >= 0.6 is 39.9 Å². The van der Waals surface area contributed by atoms with Crippen molar-refractivity contribution in [3.63, 3.8) is 0 Å². The van der Waals surface area contributed by atoms with Gasteiger partial charge in [-0.3, -0.25) is 0 Å². The van der Waals surface area contributed by atoms with Crippen molar-refractivity contribution in [2.75, 3.05) is 6.26 Å². The topological polar surface area (TPSA) is 35.2 Å². The molecule has 0 saturated carbocycles. The van der Waals surface area contributed by atoms with E-state index in [1.807, 2.05) is 18.4 Å². The molecule has 2 aromatic carbocycles. The van der Waals surface area contributed by atoms with E-state index in [1.165, 1.54) is 17.8 Å². The summed E-state index contributed by atoms with van der Waals surface area (Å²) in [6, 6.07) is 10.0. The summed E-state index contributed by atoms with van der Waals surface area (Å²) in [6.45, 7) is 0. The van der Waals surface area contributed by atoms with Gasteiger partial charge in [0.05, 0.1) is 10.0 Å². The van der Waals surface area contributed by atoms with E-state index in [1.54, 1.807) is 18.2 Å². The number of thiocarbonyl (C=S) groups is 1. The number of benzene rings is 2. The zero-order valence-corrected chi connectivity index (χ0v) is 13.7. The summed E-state index contributed by atoms with van der Waals surface area (Å²) >= 11 is 9.74. The molecule has 2 aromatic rings. The van der Waals surface area contributed by atoms with Crippen molar-refractivity contribution >= 4 is 44.9 Å². The van der Waals surface area contributed by atoms with E-state index >= 15 is 0 Å². The van der Waals surface area contributed by atoms with E-state index in [2.05, 4.69) is 15.9 Å². The number of halogens is 2. The number of ether oxygens (including phenoxy) is 1. The first kappa shape index (κ1) is 15.3. The van der Waals surface area contributed by atoms with Gasteiger partial charge in [-0.05, 0) is 52.5 Å². The standard InChI is InChI=1S/C14H11BrFNOS2/c1-20-12-4-2-3-11(13(12)14(17)19)18-8-5-6-10(16)9(15)7-8/h2-7H,1H3,(H2,17,19). The second kappa shape index (κ2) is 6.56. The first-order chi connectivity index (χ1) is 9.52. The van der Waals surface area contributed by atoms with E-state index in [0.717, 1.165) is 4.90 Å². The molecule has 0 atom stereocenters. The molecule has 0 unspecified atom stereocenters. The molecule has 0 saturated heterocycles. The summed E-state index contributed by atoms with van der Waals surface area (Å²) in [5.41, 5.74) is 6.46. The molecule has 0 aliphatic heterocycles. The quantitative estimate of drug-likeness (QED) is 0.621. The minimum absolute atomic E-state index is 0.270. The van der Waals surface area contributed by atoms with Gasteiger partial charge in [-0.15, -0.1) is 11.8 Å². The van der Waals surface area contributed by atoms with Crippen LogP contribution in [0.2, 0.25) is 0 Å². The Hall–Kier alpha value is -1.11. The second-order valence-electron chi connectivity index (χ2n) is 3.88. The van der Waals surface area contributed by atoms with Crippen LogP contribution in [0.1, 0.15) is 5.56 Å². The first-order valence-corrected chi connectivity index (χ1v) is 8.05. The number of hydrogen-bond acceptors (Lipinski definition) is 3. The molecule has 2 nitrogen and oxygen atoms in total. The summed E-state index contributed by atoms with van der Waals surface area (Å²) in [7, 11) is 0. The van der Waals surface area contributed by atoms with Gasteiger partial charge in [-0.25, -0.2) is 4.39 Å². The molecular formula is C14H11BrFNOS2. The molecule has 0 amide bonds. The van der Waals surface area contributed by atoms with E-state index in [0.29, 0.717) is 21.5 Å². The van der Waals surface area contributed by atoms with Crippen molar-refractivity contribution in [2.24, 2.45) is 5.73 Å². The van der Waals surface area contributed by atoms with Gasteiger partial charge in [0.15, 0.2) is 0 Å². The van der Waals surface area contributed by atoms with E-state index < -0.39 is 0 Å². The van der Waals surface area contributed by atoms with Crippen LogP contribution < -0.4 is 10.5 Å². The summed E-state index contributed by atoms with van der Waals surface area (Å²) in [5, 5.41) is 0. The zero-order chi connectivity index (χ0) is 14.7. The minimum Gasteiger partial charge on any atom is -0.457 e. The molecule has 20 heavy (non-hydrogen) atoms. The Morgan fingerprint density at radius 2 is 2.10 bits per heavy atom. The average molecular weight is 372 g/mol. The van der Waals surface area contributed by atoms with Gasteiger partial charge in [0.2, 0.25) is 0 Å². The van der Waals surface area contributed by atoms with Crippen LogP contribution in [-0.2, 0) is 0 Å². The maximum absolute atomic E-state index is 13.2.